The fourth-order valence-electron chi connectivity index (χ4n) is 2.68. The third kappa shape index (κ3) is 6.20. The van der Waals surface area contributed by atoms with Crippen molar-refractivity contribution in [2.75, 3.05) is 12.4 Å². The van der Waals surface area contributed by atoms with Crippen molar-refractivity contribution in [1.29, 1.82) is 0 Å². The number of nitrogens with zero attached hydrogens (tertiary/aromatic N) is 2. The minimum absolute atomic E-state index is 0. The van der Waals surface area contributed by atoms with E-state index in [1.165, 1.54) is 0 Å². The molecular weight excluding hydrogens is 484 g/mol. The van der Waals surface area contributed by atoms with E-state index < -0.39 is 58.0 Å². The van der Waals surface area contributed by atoms with Crippen LogP contribution in [0.1, 0.15) is 0 Å². The van der Waals surface area contributed by atoms with E-state index in [0.717, 1.165) is 5.69 Å². The second kappa shape index (κ2) is 10.8. The van der Waals surface area contributed by atoms with E-state index in [0.29, 0.717) is 23.9 Å². The fraction of sp³-hybridized carbons (Fsp3) is 0.0588. The van der Waals surface area contributed by atoms with E-state index >= 15 is 0 Å². The number of benzene rings is 3. The average molecular weight is 497 g/mol. The molecule has 3 aromatic rings. The molecule has 0 aromatic heterocycles. The Morgan fingerprint density at radius 1 is 0.875 bits per heavy atom. The topological polar surface area (TPSA) is 192 Å². The van der Waals surface area contributed by atoms with Crippen LogP contribution in [-0.2, 0) is 20.2 Å². The maximum absolute atomic E-state index is 11.7. The molecule has 3 aromatic carbocycles. The van der Waals surface area contributed by atoms with Crippen LogP contribution < -0.4 is 64.4 Å². The molecule has 11 nitrogen and oxygen atoms in total. The molecule has 0 aliphatic carbocycles. The predicted molar refractivity (Wildman–Crippen MR) is 103 cm³/mol. The van der Waals surface area contributed by atoms with Gasteiger partial charge >= 0.3 is 59.1 Å². The van der Waals surface area contributed by atoms with Crippen LogP contribution in [0.5, 0.6) is 11.5 Å². The number of hydrogen-bond donors (Lipinski definition) is 3. The molecule has 0 saturated carbocycles. The van der Waals surface area contributed by atoms with Crippen LogP contribution in [0.15, 0.2) is 62.5 Å². The molecule has 0 fully saturated rings. The van der Waals surface area contributed by atoms with Crippen LogP contribution in [0.25, 0.3) is 10.8 Å². The van der Waals surface area contributed by atoms with Crippen molar-refractivity contribution in [3.63, 3.8) is 0 Å². The molecule has 0 atom stereocenters. The van der Waals surface area contributed by atoms with Gasteiger partial charge in [0.25, 0.3) is 0 Å². The Morgan fingerprint density at radius 2 is 1.47 bits per heavy atom. The number of phenolic OH excluding ortho intramolecular Hbond substituents is 2. The van der Waals surface area contributed by atoms with Crippen molar-refractivity contribution in [3.05, 3.63) is 42.5 Å². The molecule has 0 spiro atoms. The summed E-state index contributed by atoms with van der Waals surface area (Å²) in [7, 11) is -8.60. The van der Waals surface area contributed by atoms with E-state index in [1.54, 1.807) is 31.3 Å². The summed E-state index contributed by atoms with van der Waals surface area (Å²) in [5.74, 6) is -1.69. The maximum Gasteiger partial charge on any atom is 1.00 e. The Balaban J connectivity index is 0.00000256. The molecular formula is C17H13N3Na2O8S2. The fourth-order valence-corrected chi connectivity index (χ4v) is 3.88. The number of aromatic hydroxyl groups is 2. The van der Waals surface area contributed by atoms with Gasteiger partial charge in [0.2, 0.25) is 0 Å². The standard InChI is InChI=1S/C17H15N3O8S2.2Na/c1-18-9-2-4-10(5-3-9)19-20-13-8-15(30(26,27)28)12-6-11(29(23,24)25)7-14(21)16(12)17(13)22;;/h2-8,18,21-22H,1H3,(H,23,24,25)(H,26,27,28);;/q;2*+1/p-2. The number of nitrogens with one attached hydrogen (secondary N) is 1. The summed E-state index contributed by atoms with van der Waals surface area (Å²) in [5.41, 5.74) is 0.649. The van der Waals surface area contributed by atoms with Gasteiger partial charge in [-0.15, -0.1) is 5.11 Å². The molecule has 3 rings (SSSR count). The first-order valence-corrected chi connectivity index (χ1v) is 10.9. The molecule has 0 radical (unpaired) electrons. The minimum atomic E-state index is -5.22. The van der Waals surface area contributed by atoms with Crippen LogP contribution in [0, 0.1) is 0 Å². The summed E-state index contributed by atoms with van der Waals surface area (Å²) in [5, 5.41) is 29.8. The van der Waals surface area contributed by atoms with E-state index in [2.05, 4.69) is 15.5 Å². The van der Waals surface area contributed by atoms with Crippen LogP contribution in [-0.4, -0.2) is 43.2 Å². The second-order valence-corrected chi connectivity index (χ2v) is 8.74. The van der Waals surface area contributed by atoms with E-state index in [4.69, 9.17) is 0 Å². The van der Waals surface area contributed by atoms with Crippen LogP contribution >= 0.6 is 0 Å². The van der Waals surface area contributed by atoms with E-state index in [-0.39, 0.29) is 59.1 Å². The zero-order valence-electron chi connectivity index (χ0n) is 17.1. The molecule has 15 heteroatoms. The summed E-state index contributed by atoms with van der Waals surface area (Å²) in [6.45, 7) is 0. The Labute approximate surface area is 227 Å². The van der Waals surface area contributed by atoms with Crippen molar-refractivity contribution < 1.29 is 95.3 Å². The molecule has 32 heavy (non-hydrogen) atoms. The Kier molecular flexibility index (Phi) is 9.69. The van der Waals surface area contributed by atoms with Crippen LogP contribution in [0.4, 0.5) is 17.1 Å². The maximum atomic E-state index is 11.7. The quantitative estimate of drug-likeness (QED) is 0.182. The zero-order valence-corrected chi connectivity index (χ0v) is 22.7. The monoisotopic (exact) mass is 497 g/mol. The molecule has 0 aliphatic rings. The summed E-state index contributed by atoms with van der Waals surface area (Å²) in [6.07, 6.45) is 0. The summed E-state index contributed by atoms with van der Waals surface area (Å²) in [6, 6.07) is 8.29. The van der Waals surface area contributed by atoms with Gasteiger partial charge in [0.1, 0.15) is 31.7 Å². The van der Waals surface area contributed by atoms with Crippen molar-refractivity contribution in [2.45, 2.75) is 9.79 Å². The normalized spacial score (nSPS) is 11.7. The molecule has 158 valence electrons. The molecule has 0 heterocycles. The molecule has 0 bridgehead atoms. The summed E-state index contributed by atoms with van der Waals surface area (Å²) < 4.78 is 68.9. The van der Waals surface area contributed by atoms with Gasteiger partial charge in [-0.1, -0.05) is 0 Å². The molecule has 3 N–H and O–H groups in total. The molecule has 0 aliphatic heterocycles. The van der Waals surface area contributed by atoms with Crippen molar-refractivity contribution in [3.8, 4) is 11.5 Å². The number of phenols is 2. The first-order valence-electron chi connectivity index (χ1n) is 8.06. The van der Waals surface area contributed by atoms with Gasteiger partial charge in [-0.05, 0) is 42.5 Å². The molecule has 0 unspecified atom stereocenters. The van der Waals surface area contributed by atoms with Gasteiger partial charge < -0.3 is 24.6 Å². The number of hydrogen-bond acceptors (Lipinski definition) is 11. The smallest absolute Gasteiger partial charge is 0.744 e. The summed E-state index contributed by atoms with van der Waals surface area (Å²) >= 11 is 0. The van der Waals surface area contributed by atoms with Gasteiger partial charge in [0.05, 0.1) is 20.9 Å². The van der Waals surface area contributed by atoms with Crippen LogP contribution in [0.2, 0.25) is 0 Å². The van der Waals surface area contributed by atoms with E-state index in [9.17, 15) is 36.2 Å². The minimum Gasteiger partial charge on any atom is -0.744 e. The second-order valence-electron chi connectivity index (χ2n) is 6.01. The molecule has 0 saturated heterocycles. The zero-order chi connectivity index (χ0) is 22.3. The largest absolute Gasteiger partial charge is 1.00 e. The Morgan fingerprint density at radius 3 is 1.97 bits per heavy atom. The SMILES string of the molecule is CNc1ccc(N=Nc2cc(S(=O)(=O)[O-])c3cc(S(=O)(=O)[O-])cc(O)c3c2O)cc1.[Na+].[Na+]. The van der Waals surface area contributed by atoms with E-state index in [1.807, 2.05) is 0 Å². The number of rotatable bonds is 5. The third-order valence-corrected chi connectivity index (χ3v) is 5.78. The van der Waals surface area contributed by atoms with Gasteiger partial charge in [-0.2, -0.15) is 5.11 Å². The average Bonchev–Trinajstić information content (AvgIpc) is 2.65. The first kappa shape index (κ1) is 28.8. The number of anilines is 1. The van der Waals surface area contributed by atoms with Gasteiger partial charge in [0, 0.05) is 18.1 Å². The van der Waals surface area contributed by atoms with Gasteiger partial charge in [0.15, 0.2) is 5.75 Å². The number of azo groups is 1. The van der Waals surface area contributed by atoms with Gasteiger partial charge in [-0.25, -0.2) is 16.8 Å². The Hall–Kier alpha value is -1.26. The predicted octanol–water partition coefficient (Wildman–Crippen LogP) is -3.48. The Bertz CT molecular complexity index is 1390. The summed E-state index contributed by atoms with van der Waals surface area (Å²) in [4.78, 5) is -1.97. The number of fused-ring (bicyclic) bond motifs is 1. The van der Waals surface area contributed by atoms with Crippen molar-refractivity contribution in [1.82, 2.24) is 0 Å². The molecule has 0 amide bonds. The third-order valence-electron chi connectivity index (χ3n) is 4.09. The first-order chi connectivity index (χ1) is 13.9. The van der Waals surface area contributed by atoms with Crippen LogP contribution in [0.3, 0.4) is 0 Å². The van der Waals surface area contributed by atoms with Gasteiger partial charge in [-0.3, -0.25) is 0 Å². The van der Waals surface area contributed by atoms with Crippen molar-refractivity contribution in [2.24, 2.45) is 10.2 Å². The van der Waals surface area contributed by atoms with Crippen molar-refractivity contribution >= 4 is 48.1 Å².